The molecule has 0 radical (unpaired) electrons. The Balaban J connectivity index is 2.05. The lowest BCUT2D eigenvalue weighted by Crippen LogP contribution is -2.37. The molecule has 7 heteroatoms. The number of hydrogen-bond donors (Lipinski definition) is 2. The van der Waals surface area contributed by atoms with Gasteiger partial charge in [-0.3, -0.25) is 9.48 Å². The molecule has 20 heavy (non-hydrogen) atoms. The van der Waals surface area contributed by atoms with Crippen LogP contribution in [-0.2, 0) is 16.1 Å². The van der Waals surface area contributed by atoms with E-state index in [-0.39, 0.29) is 17.6 Å². The van der Waals surface area contributed by atoms with Gasteiger partial charge in [-0.15, -0.1) is 0 Å². The molecule has 1 aromatic heterocycles. The van der Waals surface area contributed by atoms with E-state index in [1.165, 1.54) is 4.68 Å². The smallest absolute Gasteiger partial charge is 0.359 e. The molecule has 0 aromatic carbocycles. The van der Waals surface area contributed by atoms with E-state index < -0.39 is 12.1 Å². The fraction of sp³-hybridized carbons (Fsp3) is 0.615. The van der Waals surface area contributed by atoms with Crippen molar-refractivity contribution < 1.29 is 14.3 Å². The van der Waals surface area contributed by atoms with Gasteiger partial charge in [-0.1, -0.05) is 0 Å². The third-order valence-corrected chi connectivity index (χ3v) is 3.24. The van der Waals surface area contributed by atoms with E-state index in [1.54, 1.807) is 13.8 Å². The van der Waals surface area contributed by atoms with E-state index >= 15 is 0 Å². The molecular formula is C13H20N4O3. The van der Waals surface area contributed by atoms with Crippen molar-refractivity contribution in [3.63, 3.8) is 0 Å². The van der Waals surface area contributed by atoms with Crippen LogP contribution in [-0.4, -0.2) is 33.8 Å². The summed E-state index contributed by atoms with van der Waals surface area (Å²) in [5.41, 5.74) is 6.92. The maximum absolute atomic E-state index is 12.1. The van der Waals surface area contributed by atoms with E-state index in [1.807, 2.05) is 6.92 Å². The zero-order chi connectivity index (χ0) is 14.9. The predicted octanol–water partition coefficient (Wildman–Crippen LogP) is 0.618. The highest BCUT2D eigenvalue weighted by Crippen LogP contribution is 2.20. The quantitative estimate of drug-likeness (QED) is 0.770. The van der Waals surface area contributed by atoms with E-state index in [4.69, 9.17) is 10.5 Å². The van der Waals surface area contributed by atoms with Crippen LogP contribution in [0.25, 0.3) is 0 Å². The maximum atomic E-state index is 12.1. The Kier molecular flexibility index (Phi) is 3.96. The molecule has 0 bridgehead atoms. The maximum Gasteiger partial charge on any atom is 0.359 e. The van der Waals surface area contributed by atoms with Crippen LogP contribution in [0.4, 0.5) is 5.69 Å². The number of anilines is 1. The van der Waals surface area contributed by atoms with Gasteiger partial charge in [0, 0.05) is 12.6 Å². The van der Waals surface area contributed by atoms with Crippen molar-refractivity contribution in [2.24, 2.45) is 0 Å². The van der Waals surface area contributed by atoms with Crippen molar-refractivity contribution in [2.75, 3.05) is 5.73 Å². The number of hydrogen-bond acceptors (Lipinski definition) is 5. The number of aryl methyl sites for hydroxylation is 2. The van der Waals surface area contributed by atoms with Crippen LogP contribution in [0.1, 0.15) is 42.9 Å². The van der Waals surface area contributed by atoms with Gasteiger partial charge in [0.25, 0.3) is 5.91 Å². The van der Waals surface area contributed by atoms with Crippen LogP contribution in [0.3, 0.4) is 0 Å². The minimum atomic E-state index is -0.844. The minimum Gasteiger partial charge on any atom is -0.448 e. The Bertz CT molecular complexity index is 534. The van der Waals surface area contributed by atoms with Gasteiger partial charge in [-0.2, -0.15) is 5.10 Å². The highest BCUT2D eigenvalue weighted by atomic mass is 16.5. The van der Waals surface area contributed by atoms with Crippen molar-refractivity contribution in [2.45, 2.75) is 52.3 Å². The van der Waals surface area contributed by atoms with E-state index in [0.29, 0.717) is 17.9 Å². The van der Waals surface area contributed by atoms with Crippen molar-refractivity contribution in [1.82, 2.24) is 15.1 Å². The van der Waals surface area contributed by atoms with E-state index in [9.17, 15) is 9.59 Å². The molecule has 2 rings (SSSR count). The summed E-state index contributed by atoms with van der Waals surface area (Å²) in [6.07, 6.45) is 1.13. The Morgan fingerprint density at radius 3 is 2.75 bits per heavy atom. The van der Waals surface area contributed by atoms with Gasteiger partial charge in [0.2, 0.25) is 0 Å². The Morgan fingerprint density at radius 1 is 1.55 bits per heavy atom. The number of nitrogens with one attached hydrogen (secondary N) is 1. The van der Waals surface area contributed by atoms with E-state index in [2.05, 4.69) is 10.4 Å². The summed E-state index contributed by atoms with van der Waals surface area (Å²) < 4.78 is 6.66. The molecule has 1 saturated carbocycles. The molecule has 1 aliphatic carbocycles. The number of nitrogens with two attached hydrogens (primary N) is 1. The number of amides is 1. The fourth-order valence-electron chi connectivity index (χ4n) is 1.86. The summed E-state index contributed by atoms with van der Waals surface area (Å²) in [5.74, 6) is -0.901. The number of carbonyl (C=O) groups is 2. The number of ether oxygens (including phenoxy) is 1. The first-order chi connectivity index (χ1) is 9.43. The topological polar surface area (TPSA) is 99.2 Å². The Hall–Kier alpha value is -2.05. The predicted molar refractivity (Wildman–Crippen MR) is 73.1 cm³/mol. The third kappa shape index (κ3) is 2.92. The van der Waals surface area contributed by atoms with Crippen molar-refractivity contribution in [1.29, 1.82) is 0 Å². The molecular weight excluding hydrogens is 260 g/mol. The zero-order valence-corrected chi connectivity index (χ0v) is 12.0. The Morgan fingerprint density at radius 2 is 2.20 bits per heavy atom. The summed E-state index contributed by atoms with van der Waals surface area (Å²) in [5, 5.41) is 6.94. The summed E-state index contributed by atoms with van der Waals surface area (Å²) in [6, 6.07) is 0.233. The fourth-order valence-corrected chi connectivity index (χ4v) is 1.86. The summed E-state index contributed by atoms with van der Waals surface area (Å²) in [6.45, 7) is 5.63. The van der Waals surface area contributed by atoms with Crippen LogP contribution in [0.15, 0.2) is 0 Å². The molecule has 1 heterocycles. The summed E-state index contributed by atoms with van der Waals surface area (Å²) in [4.78, 5) is 23.9. The van der Waals surface area contributed by atoms with Gasteiger partial charge in [0.1, 0.15) is 0 Å². The largest absolute Gasteiger partial charge is 0.448 e. The molecule has 110 valence electrons. The second-order valence-corrected chi connectivity index (χ2v) is 4.99. The zero-order valence-electron chi connectivity index (χ0n) is 12.0. The number of nitrogen functional groups attached to an aromatic ring is 1. The molecule has 3 N–H and O–H groups in total. The SMILES string of the molecule is CCn1nc(C)c(N)c1C(=O)OC(C)C(=O)NC1CC1. The minimum absolute atomic E-state index is 0.205. The number of aromatic nitrogens is 2. The highest BCUT2D eigenvalue weighted by Gasteiger charge is 2.29. The molecule has 1 amide bonds. The van der Waals surface area contributed by atoms with Gasteiger partial charge in [0.05, 0.1) is 11.4 Å². The molecule has 1 aliphatic rings. The monoisotopic (exact) mass is 280 g/mol. The molecule has 7 nitrogen and oxygen atoms in total. The van der Waals surface area contributed by atoms with Gasteiger partial charge in [-0.25, -0.2) is 4.79 Å². The van der Waals surface area contributed by atoms with Crippen LogP contribution in [0, 0.1) is 6.92 Å². The number of carbonyl (C=O) groups excluding carboxylic acids is 2. The number of rotatable bonds is 5. The molecule has 1 atom stereocenters. The first kappa shape index (κ1) is 14.4. The van der Waals surface area contributed by atoms with E-state index in [0.717, 1.165) is 12.8 Å². The summed E-state index contributed by atoms with van der Waals surface area (Å²) >= 11 is 0. The van der Waals surface area contributed by atoms with Crippen molar-refractivity contribution >= 4 is 17.6 Å². The van der Waals surface area contributed by atoms with Gasteiger partial charge < -0.3 is 15.8 Å². The van der Waals surface area contributed by atoms with Crippen molar-refractivity contribution in [3.8, 4) is 0 Å². The van der Waals surface area contributed by atoms with Gasteiger partial charge in [0.15, 0.2) is 11.8 Å². The molecule has 0 spiro atoms. The third-order valence-electron chi connectivity index (χ3n) is 3.24. The number of nitrogens with zero attached hydrogens (tertiary/aromatic N) is 2. The summed E-state index contributed by atoms with van der Waals surface area (Å²) in [7, 11) is 0. The standard InChI is InChI=1S/C13H20N4O3/c1-4-17-11(10(14)7(2)16-17)13(19)20-8(3)12(18)15-9-5-6-9/h8-9H,4-6,14H2,1-3H3,(H,15,18). The Labute approximate surface area is 117 Å². The lowest BCUT2D eigenvalue weighted by Gasteiger charge is -2.13. The average molecular weight is 280 g/mol. The first-order valence-electron chi connectivity index (χ1n) is 6.78. The lowest BCUT2D eigenvalue weighted by molar-refractivity contribution is -0.129. The lowest BCUT2D eigenvalue weighted by atomic mass is 10.3. The second kappa shape index (κ2) is 5.52. The van der Waals surface area contributed by atoms with Crippen LogP contribution >= 0.6 is 0 Å². The van der Waals surface area contributed by atoms with Crippen LogP contribution in [0.5, 0.6) is 0 Å². The van der Waals surface area contributed by atoms with Crippen LogP contribution in [0.2, 0.25) is 0 Å². The number of esters is 1. The van der Waals surface area contributed by atoms with Gasteiger partial charge >= 0.3 is 5.97 Å². The molecule has 1 fully saturated rings. The first-order valence-corrected chi connectivity index (χ1v) is 6.78. The molecule has 1 unspecified atom stereocenters. The van der Waals surface area contributed by atoms with Crippen LogP contribution < -0.4 is 11.1 Å². The molecule has 1 aromatic rings. The second-order valence-electron chi connectivity index (χ2n) is 4.99. The normalized spacial score (nSPS) is 15.8. The molecule has 0 saturated heterocycles. The van der Waals surface area contributed by atoms with Crippen molar-refractivity contribution in [3.05, 3.63) is 11.4 Å². The molecule has 0 aliphatic heterocycles. The van der Waals surface area contributed by atoms with Gasteiger partial charge in [-0.05, 0) is 33.6 Å². The average Bonchev–Trinajstić information content (AvgIpc) is 3.15. The highest BCUT2D eigenvalue weighted by molar-refractivity contribution is 5.95.